The summed E-state index contributed by atoms with van der Waals surface area (Å²) in [6, 6.07) is 6.25. The topological polar surface area (TPSA) is 114 Å². The molecule has 0 aromatic heterocycles. The second-order valence-electron chi connectivity index (χ2n) is 7.03. The molecule has 0 spiro atoms. The van der Waals surface area contributed by atoms with E-state index in [4.69, 9.17) is 21.1 Å². The van der Waals surface area contributed by atoms with E-state index < -0.39 is 17.7 Å². The van der Waals surface area contributed by atoms with Gasteiger partial charge in [0.1, 0.15) is 6.04 Å². The number of hydrogen-bond donors (Lipinski definition) is 2. The molecule has 1 aliphatic rings. The van der Waals surface area contributed by atoms with Crippen molar-refractivity contribution in [1.29, 1.82) is 0 Å². The van der Waals surface area contributed by atoms with E-state index in [0.29, 0.717) is 37.8 Å². The molecule has 31 heavy (non-hydrogen) atoms. The van der Waals surface area contributed by atoms with Crippen LogP contribution in [0.5, 0.6) is 0 Å². The maximum Gasteiger partial charge on any atom is 0.289 e. The summed E-state index contributed by atoms with van der Waals surface area (Å²) >= 11 is 5.88. The Morgan fingerprint density at radius 2 is 1.65 bits per heavy atom. The van der Waals surface area contributed by atoms with Crippen LogP contribution in [-0.2, 0) is 35.2 Å². The minimum Gasteiger partial charge on any atom is -0.377 e. The van der Waals surface area contributed by atoms with E-state index in [2.05, 4.69) is 10.6 Å². The number of nitrogens with one attached hydrogen (secondary N) is 2. The van der Waals surface area contributed by atoms with Gasteiger partial charge < -0.3 is 25.0 Å². The molecule has 0 saturated carbocycles. The van der Waals surface area contributed by atoms with Crippen molar-refractivity contribution in [3.8, 4) is 0 Å². The summed E-state index contributed by atoms with van der Waals surface area (Å²) in [7, 11) is 0. The van der Waals surface area contributed by atoms with E-state index in [-0.39, 0.29) is 37.9 Å². The summed E-state index contributed by atoms with van der Waals surface area (Å²) in [6.07, 6.45) is 0.563. The Labute approximate surface area is 186 Å². The van der Waals surface area contributed by atoms with Crippen LogP contribution in [0.25, 0.3) is 0 Å². The highest BCUT2D eigenvalue weighted by molar-refractivity contribution is 6.38. The number of rotatable bonds is 13. The lowest BCUT2D eigenvalue weighted by Crippen LogP contribution is -2.46. The van der Waals surface area contributed by atoms with E-state index in [1.54, 1.807) is 24.3 Å². The molecular weight excluding hydrogens is 426 g/mol. The summed E-state index contributed by atoms with van der Waals surface area (Å²) in [6.45, 7) is 3.61. The molecule has 2 rings (SSSR count). The first-order chi connectivity index (χ1) is 14.9. The number of Topliss-reactive ketones (excluding diaryl/α,β-unsaturated/α-hetero) is 1. The van der Waals surface area contributed by atoms with Crippen LogP contribution < -0.4 is 10.6 Å². The highest BCUT2D eigenvalue weighted by Crippen LogP contribution is 2.23. The van der Waals surface area contributed by atoms with Gasteiger partial charge in [-0.25, -0.2) is 0 Å². The van der Waals surface area contributed by atoms with Gasteiger partial charge in [-0.1, -0.05) is 23.7 Å². The van der Waals surface area contributed by atoms with Gasteiger partial charge in [-0.3, -0.25) is 19.2 Å². The third-order valence-electron chi connectivity index (χ3n) is 4.65. The van der Waals surface area contributed by atoms with Crippen LogP contribution in [0, 0.1) is 0 Å². The van der Waals surface area contributed by atoms with Gasteiger partial charge in [0.2, 0.25) is 17.6 Å². The summed E-state index contributed by atoms with van der Waals surface area (Å²) in [5.74, 6) is -1.61. The molecule has 9 nitrogen and oxygen atoms in total. The van der Waals surface area contributed by atoms with Gasteiger partial charge >= 0.3 is 0 Å². The molecule has 0 bridgehead atoms. The molecule has 2 N–H and O–H groups in total. The number of carbonyl (C=O) groups is 4. The van der Waals surface area contributed by atoms with Gasteiger partial charge in [-0.15, -0.1) is 0 Å². The fraction of sp³-hybridized carbons (Fsp3) is 0.524. The summed E-state index contributed by atoms with van der Waals surface area (Å²) in [4.78, 5) is 49.1. The number of ether oxygens (including phenoxy) is 2. The maximum absolute atomic E-state index is 12.5. The van der Waals surface area contributed by atoms with Crippen LogP contribution in [0.15, 0.2) is 24.3 Å². The van der Waals surface area contributed by atoms with E-state index in [1.807, 2.05) is 0 Å². The third-order valence-corrected chi connectivity index (χ3v) is 4.90. The lowest BCUT2D eigenvalue weighted by Gasteiger charge is -2.23. The highest BCUT2D eigenvalue weighted by Gasteiger charge is 2.38. The fourth-order valence-corrected chi connectivity index (χ4v) is 3.21. The maximum atomic E-state index is 12.5. The predicted molar refractivity (Wildman–Crippen MR) is 113 cm³/mol. The van der Waals surface area contributed by atoms with Crippen LogP contribution in [-0.4, -0.2) is 74.0 Å². The molecular formula is C21H28ClN3O6. The third kappa shape index (κ3) is 8.64. The van der Waals surface area contributed by atoms with Crippen molar-refractivity contribution in [3.05, 3.63) is 34.9 Å². The van der Waals surface area contributed by atoms with Gasteiger partial charge in [0.05, 0.1) is 26.4 Å². The Morgan fingerprint density at radius 3 is 2.26 bits per heavy atom. The minimum absolute atomic E-state index is 0.111. The van der Waals surface area contributed by atoms with Crippen LogP contribution in [0.1, 0.15) is 25.3 Å². The predicted octanol–water partition coefficient (Wildman–Crippen LogP) is 0.686. The van der Waals surface area contributed by atoms with Crippen molar-refractivity contribution in [3.63, 3.8) is 0 Å². The highest BCUT2D eigenvalue weighted by atomic mass is 35.5. The Morgan fingerprint density at radius 1 is 1.03 bits per heavy atom. The number of hydrogen-bond acceptors (Lipinski definition) is 6. The zero-order chi connectivity index (χ0) is 22.6. The van der Waals surface area contributed by atoms with Crippen LogP contribution in [0.4, 0.5) is 0 Å². The zero-order valence-corrected chi connectivity index (χ0v) is 18.3. The second kappa shape index (κ2) is 13.0. The number of likely N-dealkylation sites (tertiary alicyclic amines) is 1. The molecule has 170 valence electrons. The smallest absolute Gasteiger partial charge is 0.289 e. The summed E-state index contributed by atoms with van der Waals surface area (Å²) < 4.78 is 10.6. The van der Waals surface area contributed by atoms with E-state index in [9.17, 15) is 19.2 Å². The van der Waals surface area contributed by atoms with Crippen molar-refractivity contribution in [1.82, 2.24) is 15.5 Å². The first-order valence-electron chi connectivity index (χ1n) is 10.1. The van der Waals surface area contributed by atoms with Crippen molar-refractivity contribution < 1.29 is 28.7 Å². The standard InChI is InChI=1S/C21H28ClN3O6/c1-15(26)23-8-10-30-12-13-31-11-9-24-21(29)20(28)18-6-7-19(27)25(18)14-16-2-4-17(22)5-3-16/h2-5,18H,6-14H2,1H3,(H,23,26)(H,24,29). The molecule has 1 heterocycles. The average Bonchev–Trinajstić information content (AvgIpc) is 3.10. The van der Waals surface area contributed by atoms with E-state index in [1.165, 1.54) is 11.8 Å². The number of amides is 3. The van der Waals surface area contributed by atoms with Crippen molar-refractivity contribution >= 4 is 35.1 Å². The minimum atomic E-state index is -0.763. The normalized spacial score (nSPS) is 15.7. The lowest BCUT2D eigenvalue weighted by atomic mass is 10.1. The Balaban J connectivity index is 1.66. The molecule has 10 heteroatoms. The average molecular weight is 454 g/mol. The molecule has 1 atom stereocenters. The molecule has 1 aromatic carbocycles. The van der Waals surface area contributed by atoms with Gasteiger partial charge in [0, 0.05) is 38.0 Å². The lowest BCUT2D eigenvalue weighted by molar-refractivity contribution is -0.143. The quantitative estimate of drug-likeness (QED) is 0.335. The molecule has 1 unspecified atom stereocenters. The van der Waals surface area contributed by atoms with Crippen LogP contribution in [0.2, 0.25) is 5.02 Å². The number of benzene rings is 1. The van der Waals surface area contributed by atoms with Gasteiger partial charge in [0.15, 0.2) is 0 Å². The first kappa shape index (κ1) is 24.8. The van der Waals surface area contributed by atoms with E-state index >= 15 is 0 Å². The van der Waals surface area contributed by atoms with E-state index in [0.717, 1.165) is 5.56 Å². The molecule has 1 fully saturated rings. The van der Waals surface area contributed by atoms with Crippen LogP contribution in [0.3, 0.4) is 0 Å². The molecule has 0 aliphatic carbocycles. The number of halogens is 1. The monoisotopic (exact) mass is 453 g/mol. The summed E-state index contributed by atoms with van der Waals surface area (Å²) in [5, 5.41) is 5.73. The number of ketones is 1. The fourth-order valence-electron chi connectivity index (χ4n) is 3.09. The Bertz CT molecular complexity index is 771. The zero-order valence-electron chi connectivity index (χ0n) is 17.5. The first-order valence-corrected chi connectivity index (χ1v) is 10.5. The summed E-state index contributed by atoms with van der Waals surface area (Å²) in [5.41, 5.74) is 0.838. The molecule has 3 amide bonds. The van der Waals surface area contributed by atoms with Gasteiger partial charge in [-0.05, 0) is 24.1 Å². The van der Waals surface area contributed by atoms with Crippen molar-refractivity contribution in [2.75, 3.05) is 39.5 Å². The number of carbonyl (C=O) groups excluding carboxylic acids is 4. The Kier molecular flexibility index (Phi) is 10.4. The van der Waals surface area contributed by atoms with Crippen molar-refractivity contribution in [2.24, 2.45) is 0 Å². The largest absolute Gasteiger partial charge is 0.377 e. The Hall–Kier alpha value is -2.49. The van der Waals surface area contributed by atoms with Crippen molar-refractivity contribution in [2.45, 2.75) is 32.4 Å². The van der Waals surface area contributed by atoms with Crippen LogP contribution >= 0.6 is 11.6 Å². The second-order valence-corrected chi connectivity index (χ2v) is 7.47. The molecule has 1 aromatic rings. The molecule has 0 radical (unpaired) electrons. The molecule has 1 saturated heterocycles. The SMILES string of the molecule is CC(=O)NCCOCCOCCNC(=O)C(=O)C1CCC(=O)N1Cc1ccc(Cl)cc1. The number of nitrogens with zero attached hydrogens (tertiary/aromatic N) is 1. The van der Waals surface area contributed by atoms with Gasteiger partial charge in [0.25, 0.3) is 5.91 Å². The molecule has 1 aliphatic heterocycles. The van der Waals surface area contributed by atoms with Gasteiger partial charge in [-0.2, -0.15) is 0 Å².